The van der Waals surface area contributed by atoms with Gasteiger partial charge in [-0.3, -0.25) is 28.8 Å². The number of likely N-dealkylation sites (N-methyl/N-ethyl adjacent to an activating group) is 2. The fourth-order valence-corrected chi connectivity index (χ4v) is 9.87. The zero-order valence-electron chi connectivity index (χ0n) is 40.2. The molecule has 4 fully saturated rings. The Morgan fingerprint density at radius 1 is 0.939 bits per heavy atom. The first-order chi connectivity index (χ1) is 31.4. The second kappa shape index (κ2) is 22.0. The normalized spacial score (nSPS) is 25.2. The summed E-state index contributed by atoms with van der Waals surface area (Å²) in [4.78, 5) is 80.0. The highest BCUT2D eigenvalue weighted by Crippen LogP contribution is 2.58. The van der Waals surface area contributed by atoms with Gasteiger partial charge < -0.3 is 39.2 Å². The molecule has 1 aliphatic carbocycles. The third-order valence-electron chi connectivity index (χ3n) is 13.2. The van der Waals surface area contributed by atoms with Crippen LogP contribution in [0, 0.1) is 5.41 Å². The van der Waals surface area contributed by atoms with Crippen molar-refractivity contribution >= 4 is 35.7 Å². The summed E-state index contributed by atoms with van der Waals surface area (Å²) < 4.78 is 25.8. The molecule has 6 rings (SSSR count). The molecule has 15 nitrogen and oxygen atoms in total. The van der Waals surface area contributed by atoms with E-state index in [0.29, 0.717) is 12.8 Å². The molecule has 0 radical (unpaired) electrons. The number of ether oxygens (including phenoxy) is 4. The molecule has 15 heteroatoms. The van der Waals surface area contributed by atoms with Gasteiger partial charge in [0.2, 0.25) is 17.7 Å². The zero-order chi connectivity index (χ0) is 47.8. The fraction of sp³-hybridized carbons (Fsp3) is 0.627. The number of nitrogens with zero attached hydrogens (tertiary/aromatic N) is 3. The molecular formula is C51H72N4O11. The molecule has 3 heterocycles. The van der Waals surface area contributed by atoms with Crippen molar-refractivity contribution in [1.82, 2.24) is 20.2 Å². The van der Waals surface area contributed by atoms with Crippen LogP contribution in [0.4, 0.5) is 0 Å². The van der Waals surface area contributed by atoms with E-state index in [2.05, 4.69) is 19.2 Å². The molecule has 66 heavy (non-hydrogen) atoms. The van der Waals surface area contributed by atoms with Crippen molar-refractivity contribution in [2.45, 2.75) is 172 Å². The lowest BCUT2D eigenvalue weighted by Crippen LogP contribution is -2.70. The molecule has 0 aromatic heterocycles. The van der Waals surface area contributed by atoms with Gasteiger partial charge in [0, 0.05) is 59.3 Å². The number of aliphatic hydroxyl groups is 1. The highest BCUT2D eigenvalue weighted by Gasteiger charge is 2.76. The molecule has 3 aliphatic heterocycles. The molecule has 1 saturated carbocycles. The maximum Gasteiger partial charge on any atom is 0.327 e. The first-order valence-electron chi connectivity index (χ1n) is 23.9. The summed E-state index contributed by atoms with van der Waals surface area (Å²) in [6.45, 7) is 9.23. The SMILES string of the molecule is CCCCCC1(CCCCC)OC2C3CC4(C(=O)N(C)C(Cc5ccccc5)C(=O)NC(CO)CCC(=O)OC(C)(C)C)C(ON(Cc5cccc(C=CC(=O)N(C)C)c5)C4C(=O)O3)C2O1. The number of benzene rings is 2. The number of rotatable bonds is 22. The van der Waals surface area contributed by atoms with Crippen molar-refractivity contribution in [1.29, 1.82) is 0 Å². The molecule has 8 atom stereocenters. The second-order valence-electron chi connectivity index (χ2n) is 19.7. The van der Waals surface area contributed by atoms with Crippen LogP contribution >= 0.6 is 0 Å². The van der Waals surface area contributed by atoms with Gasteiger partial charge in [-0.2, -0.15) is 5.06 Å². The van der Waals surface area contributed by atoms with Gasteiger partial charge in [-0.1, -0.05) is 94.1 Å². The van der Waals surface area contributed by atoms with E-state index in [9.17, 15) is 24.3 Å². The summed E-state index contributed by atoms with van der Waals surface area (Å²) in [5.41, 5.74) is 0.0361. The van der Waals surface area contributed by atoms with Crippen LogP contribution in [0.15, 0.2) is 60.7 Å². The van der Waals surface area contributed by atoms with E-state index in [0.717, 1.165) is 55.2 Å². The second-order valence-corrected chi connectivity index (χ2v) is 19.7. The molecule has 362 valence electrons. The van der Waals surface area contributed by atoms with E-state index in [1.807, 2.05) is 54.6 Å². The number of hydrogen-bond acceptors (Lipinski definition) is 12. The van der Waals surface area contributed by atoms with E-state index in [-0.39, 0.29) is 38.1 Å². The van der Waals surface area contributed by atoms with Crippen molar-refractivity contribution in [3.05, 3.63) is 77.4 Å². The summed E-state index contributed by atoms with van der Waals surface area (Å²) in [6.07, 6.45) is 7.14. The van der Waals surface area contributed by atoms with E-state index in [4.69, 9.17) is 23.8 Å². The van der Waals surface area contributed by atoms with Crippen LogP contribution in [0.25, 0.3) is 6.08 Å². The minimum Gasteiger partial charge on any atom is -0.460 e. The van der Waals surface area contributed by atoms with Crippen LogP contribution in [0.3, 0.4) is 0 Å². The minimum atomic E-state index is -1.57. The van der Waals surface area contributed by atoms with Crippen molar-refractivity contribution < 1.29 is 52.9 Å². The topological polar surface area (TPSA) is 173 Å². The monoisotopic (exact) mass is 917 g/mol. The van der Waals surface area contributed by atoms with Crippen LogP contribution < -0.4 is 5.32 Å². The Kier molecular flexibility index (Phi) is 16.9. The van der Waals surface area contributed by atoms with E-state index >= 15 is 4.79 Å². The molecule has 0 spiro atoms. The van der Waals surface area contributed by atoms with Crippen molar-refractivity contribution in [3.63, 3.8) is 0 Å². The Labute approximate surface area is 390 Å². The van der Waals surface area contributed by atoms with Crippen molar-refractivity contribution in [3.8, 4) is 0 Å². The van der Waals surface area contributed by atoms with Crippen LogP contribution in [-0.4, -0.2) is 131 Å². The Morgan fingerprint density at radius 2 is 1.61 bits per heavy atom. The predicted molar refractivity (Wildman–Crippen MR) is 247 cm³/mol. The summed E-state index contributed by atoms with van der Waals surface area (Å²) in [5, 5.41) is 14.9. The van der Waals surface area contributed by atoms with E-state index in [1.165, 1.54) is 20.9 Å². The number of unbranched alkanes of at least 4 members (excludes halogenated alkanes) is 4. The van der Waals surface area contributed by atoms with Gasteiger partial charge >= 0.3 is 11.9 Å². The van der Waals surface area contributed by atoms with Crippen molar-refractivity contribution in [2.24, 2.45) is 5.41 Å². The smallest absolute Gasteiger partial charge is 0.327 e. The quantitative estimate of drug-likeness (QED) is 0.0816. The zero-order valence-corrected chi connectivity index (χ0v) is 40.2. The molecule has 3 amide bonds. The Balaban J connectivity index is 1.37. The number of carbonyl (C=O) groups is 5. The van der Waals surface area contributed by atoms with Crippen LogP contribution in [0.1, 0.15) is 122 Å². The van der Waals surface area contributed by atoms with Crippen molar-refractivity contribution in [2.75, 3.05) is 27.7 Å². The lowest BCUT2D eigenvalue weighted by molar-refractivity contribution is -0.225. The van der Waals surface area contributed by atoms with Gasteiger partial charge in [-0.15, -0.1) is 0 Å². The fourth-order valence-electron chi connectivity index (χ4n) is 9.87. The summed E-state index contributed by atoms with van der Waals surface area (Å²) >= 11 is 0. The number of hydrogen-bond donors (Lipinski definition) is 2. The summed E-state index contributed by atoms with van der Waals surface area (Å²) in [5.74, 6) is -3.25. The van der Waals surface area contributed by atoms with Gasteiger partial charge in [-0.25, -0.2) is 0 Å². The lowest BCUT2D eigenvalue weighted by Gasteiger charge is -2.50. The maximum absolute atomic E-state index is 15.9. The maximum atomic E-state index is 15.9. The van der Waals surface area contributed by atoms with E-state index in [1.54, 1.807) is 48.0 Å². The van der Waals surface area contributed by atoms with Gasteiger partial charge in [0.05, 0.1) is 19.2 Å². The van der Waals surface area contributed by atoms with Gasteiger partial charge in [0.25, 0.3) is 0 Å². The number of esters is 2. The molecule has 8 unspecified atom stereocenters. The van der Waals surface area contributed by atoms with Gasteiger partial charge in [0.1, 0.15) is 41.5 Å². The molecule has 2 aromatic carbocycles. The number of fused-ring (bicyclic) bond motifs is 4. The third kappa shape index (κ3) is 11.7. The molecule has 2 bridgehead atoms. The summed E-state index contributed by atoms with van der Waals surface area (Å²) in [6, 6.07) is 13.7. The van der Waals surface area contributed by atoms with Crippen LogP contribution in [0.2, 0.25) is 0 Å². The van der Waals surface area contributed by atoms with Crippen LogP contribution in [0.5, 0.6) is 0 Å². The minimum absolute atomic E-state index is 0.0412. The highest BCUT2D eigenvalue weighted by molar-refractivity contribution is 5.96. The molecule has 2 aromatic rings. The predicted octanol–water partition coefficient (Wildman–Crippen LogP) is 5.90. The number of nitrogens with one attached hydrogen (secondary N) is 1. The highest BCUT2D eigenvalue weighted by atomic mass is 16.8. The third-order valence-corrected chi connectivity index (χ3v) is 13.2. The van der Waals surface area contributed by atoms with Crippen LogP contribution in [-0.2, 0) is 60.7 Å². The first kappa shape index (κ1) is 50.7. The average Bonchev–Trinajstić information content (AvgIpc) is 3.83. The molecular weight excluding hydrogens is 845 g/mol. The number of amides is 3. The van der Waals surface area contributed by atoms with Gasteiger partial charge in [-0.05, 0) is 62.8 Å². The summed E-state index contributed by atoms with van der Waals surface area (Å²) in [7, 11) is 4.92. The lowest BCUT2D eigenvalue weighted by atomic mass is 9.62. The Hall–Kier alpha value is -4.67. The molecule has 2 N–H and O–H groups in total. The number of carbonyl (C=O) groups excluding carboxylic acids is 5. The first-order valence-corrected chi connectivity index (χ1v) is 23.9. The standard InChI is InChI=1S/C51H72N4O11/c1-9-11-16-27-50(28-17-12-10-2)64-42-39-31-51(44(47(60)62-39)55(66-45(51)43(42)65-50)32-36-22-18-21-35(29-36)23-25-40(57)53(6)7)48(61)54(8)38(30-34-19-14-13-15-20-34)46(59)52-37(33-56)24-26-41(58)63-49(3,4)5/h13-15,18-23,25,29,37-39,42-45,56H,9-12,16-17,24,26-28,30-33H2,1-8H3,(H,52,59). The molecule has 3 saturated heterocycles. The number of hydroxylamine groups is 2. The Morgan fingerprint density at radius 3 is 2.24 bits per heavy atom. The largest absolute Gasteiger partial charge is 0.460 e. The van der Waals surface area contributed by atoms with Gasteiger partial charge in [0.15, 0.2) is 11.8 Å². The molecule has 4 aliphatic rings. The Bertz CT molecular complexity index is 2030. The average molecular weight is 917 g/mol. The van der Waals surface area contributed by atoms with E-state index < -0.39 is 89.7 Å². The number of aliphatic hydroxyl groups excluding tert-OH is 1.